The van der Waals surface area contributed by atoms with Crippen LogP contribution in [0.4, 0.5) is 13.2 Å². The molecular weight excluding hydrogens is 599 g/mol. The molecule has 5 rings (SSSR count). The summed E-state index contributed by atoms with van der Waals surface area (Å²) in [6.07, 6.45) is -1.78. The Bertz CT molecular complexity index is 1670. The lowest BCUT2D eigenvalue weighted by Crippen LogP contribution is -2.27. The van der Waals surface area contributed by atoms with Crippen LogP contribution in [-0.4, -0.2) is 39.9 Å². The van der Waals surface area contributed by atoms with Gasteiger partial charge in [-0.15, -0.1) is 11.3 Å². The predicted octanol–water partition coefficient (Wildman–Crippen LogP) is 5.61. The van der Waals surface area contributed by atoms with Crippen molar-refractivity contribution in [2.24, 2.45) is 5.92 Å². The van der Waals surface area contributed by atoms with Gasteiger partial charge in [0.1, 0.15) is 0 Å². The van der Waals surface area contributed by atoms with Crippen molar-refractivity contribution in [1.82, 2.24) is 25.2 Å². The number of alkyl halides is 3. The van der Waals surface area contributed by atoms with Gasteiger partial charge in [-0.2, -0.15) is 13.2 Å². The first-order valence-electron chi connectivity index (χ1n) is 13.7. The summed E-state index contributed by atoms with van der Waals surface area (Å²) in [6.45, 7) is 5.12. The van der Waals surface area contributed by atoms with E-state index in [0.717, 1.165) is 21.7 Å². The number of rotatable bonds is 10. The van der Waals surface area contributed by atoms with Crippen molar-refractivity contribution in [2.75, 3.05) is 5.75 Å². The first-order valence-corrected chi connectivity index (χ1v) is 16.1. The van der Waals surface area contributed by atoms with Crippen LogP contribution in [0.25, 0.3) is 0 Å². The van der Waals surface area contributed by atoms with Crippen LogP contribution in [0.3, 0.4) is 0 Å². The molecule has 0 aliphatic carbocycles. The van der Waals surface area contributed by atoms with Gasteiger partial charge in [0, 0.05) is 42.5 Å². The first kappa shape index (κ1) is 30.8. The summed E-state index contributed by atoms with van der Waals surface area (Å²) in [7, 11) is -3.44. The van der Waals surface area contributed by atoms with E-state index in [9.17, 15) is 26.4 Å². The molecule has 1 amide bonds. The van der Waals surface area contributed by atoms with Crippen LogP contribution in [0.5, 0.6) is 0 Å². The molecule has 0 unspecified atom stereocenters. The Labute approximate surface area is 252 Å². The number of thiazole rings is 1. The summed E-state index contributed by atoms with van der Waals surface area (Å²) in [6, 6.07) is 15.8. The van der Waals surface area contributed by atoms with E-state index in [4.69, 9.17) is 0 Å². The maximum absolute atomic E-state index is 13.0. The lowest BCUT2D eigenvalue weighted by atomic mass is 10.0. The lowest BCUT2D eigenvalue weighted by molar-refractivity contribution is -0.145. The summed E-state index contributed by atoms with van der Waals surface area (Å²) in [5.74, 6) is -1.36. The summed E-state index contributed by atoms with van der Waals surface area (Å²) < 4.78 is 64.0. The number of halogens is 3. The molecule has 3 heterocycles. The largest absolute Gasteiger partial charge is 0.451 e. The van der Waals surface area contributed by atoms with Gasteiger partial charge in [0.15, 0.2) is 14.8 Å². The predicted molar refractivity (Wildman–Crippen MR) is 156 cm³/mol. The van der Waals surface area contributed by atoms with Crippen molar-refractivity contribution < 1.29 is 26.4 Å². The van der Waals surface area contributed by atoms with Crippen molar-refractivity contribution in [3.05, 3.63) is 105 Å². The van der Waals surface area contributed by atoms with Crippen LogP contribution in [-0.2, 0) is 42.1 Å². The maximum atomic E-state index is 13.0. The van der Waals surface area contributed by atoms with E-state index in [1.165, 1.54) is 23.7 Å². The van der Waals surface area contributed by atoms with Crippen molar-refractivity contribution >= 4 is 27.1 Å². The van der Waals surface area contributed by atoms with Crippen LogP contribution in [0, 0.1) is 5.92 Å². The van der Waals surface area contributed by atoms with Crippen molar-refractivity contribution in [1.29, 1.82) is 0 Å². The molecule has 0 saturated heterocycles. The molecule has 2 aromatic heterocycles. The third kappa shape index (κ3) is 7.28. The number of nitrogens with one attached hydrogen (secondary N) is 1. The second kappa shape index (κ2) is 12.5. The summed E-state index contributed by atoms with van der Waals surface area (Å²) in [5.41, 5.74) is 3.06. The fourth-order valence-corrected chi connectivity index (χ4v) is 7.39. The number of carbonyl (C=O) groups excluding carboxylic acids is 1. The normalized spacial score (nSPS) is 15.5. The van der Waals surface area contributed by atoms with Gasteiger partial charge in [0.05, 0.1) is 22.4 Å². The number of hydrogen-bond donors (Lipinski definition) is 1. The quantitative estimate of drug-likeness (QED) is 0.243. The molecule has 0 spiro atoms. The summed E-state index contributed by atoms with van der Waals surface area (Å²) >= 11 is 1.29. The average Bonchev–Trinajstić information content (AvgIpc) is 3.53. The van der Waals surface area contributed by atoms with Crippen molar-refractivity contribution in [2.45, 2.75) is 57.0 Å². The second-order valence-electron chi connectivity index (χ2n) is 10.7. The molecule has 0 radical (unpaired) electrons. The van der Waals surface area contributed by atoms with E-state index in [1.807, 2.05) is 44.2 Å². The van der Waals surface area contributed by atoms with E-state index in [-0.39, 0.29) is 35.1 Å². The zero-order valence-corrected chi connectivity index (χ0v) is 25.1. The molecule has 8 nitrogen and oxygen atoms in total. The van der Waals surface area contributed by atoms with E-state index in [0.29, 0.717) is 30.1 Å². The molecule has 226 valence electrons. The Balaban J connectivity index is 1.18. The second-order valence-corrected chi connectivity index (χ2v) is 13.9. The third-order valence-corrected chi connectivity index (χ3v) is 9.94. The molecule has 0 saturated carbocycles. The smallest absolute Gasteiger partial charge is 0.346 e. The van der Waals surface area contributed by atoms with Crippen LogP contribution in [0.1, 0.15) is 62.8 Å². The number of benzene rings is 2. The minimum absolute atomic E-state index is 0.00866. The Morgan fingerprint density at radius 1 is 1.02 bits per heavy atom. The molecule has 1 atom stereocenters. The summed E-state index contributed by atoms with van der Waals surface area (Å²) in [4.78, 5) is 27.8. The van der Waals surface area contributed by atoms with Crippen LogP contribution >= 0.6 is 11.3 Å². The molecule has 1 aliphatic rings. The Morgan fingerprint density at radius 3 is 2.33 bits per heavy atom. The number of amides is 1. The van der Waals surface area contributed by atoms with Crippen LogP contribution in [0.2, 0.25) is 0 Å². The minimum atomic E-state index is -4.59. The molecule has 43 heavy (non-hydrogen) atoms. The third-order valence-electron chi connectivity index (χ3n) is 7.16. The number of hydrogen-bond acceptors (Lipinski definition) is 8. The molecule has 0 bridgehead atoms. The molecule has 1 aliphatic heterocycles. The number of sulfone groups is 1. The van der Waals surface area contributed by atoms with Crippen molar-refractivity contribution in [3.63, 3.8) is 0 Å². The minimum Gasteiger partial charge on any atom is -0.346 e. The highest BCUT2D eigenvalue weighted by Crippen LogP contribution is 2.41. The summed E-state index contributed by atoms with van der Waals surface area (Å²) in [5, 5.41) is 3.19. The van der Waals surface area contributed by atoms with Crippen LogP contribution < -0.4 is 5.32 Å². The molecular formula is C30H30F3N5O3S2. The SMILES string of the molecule is CC(C)[C@H]1c2nc(C(=O)NCc3ccc(S(=O)(=O)CCc4ccccc4)cc3)sc2CN1Cc1cnc(C(F)(F)F)nc1. The zero-order valence-electron chi connectivity index (χ0n) is 23.5. The Morgan fingerprint density at radius 2 is 1.70 bits per heavy atom. The highest BCUT2D eigenvalue weighted by atomic mass is 32.2. The number of aryl methyl sites for hydroxylation is 1. The topological polar surface area (TPSA) is 105 Å². The van der Waals surface area contributed by atoms with Gasteiger partial charge in [-0.25, -0.2) is 23.4 Å². The number of carbonyl (C=O) groups is 1. The number of nitrogens with zero attached hydrogens (tertiary/aromatic N) is 4. The van der Waals surface area contributed by atoms with Gasteiger partial charge in [0.2, 0.25) is 5.82 Å². The standard InChI is InChI=1S/C30H30F3N5O3S2/c1-19(2)26-25-24(18-38(26)17-22-15-35-29(36-16-22)30(31,32)33)42-28(37-25)27(39)34-14-21-8-10-23(11-9-21)43(40,41)13-12-20-6-4-3-5-7-20/h3-11,15-16,19,26H,12-14,17-18H2,1-2H3,(H,34,39)/t26-/m0/s1. The lowest BCUT2D eigenvalue weighted by Gasteiger charge is -2.27. The molecule has 0 fully saturated rings. The van der Waals surface area contributed by atoms with Gasteiger partial charge >= 0.3 is 6.18 Å². The van der Waals surface area contributed by atoms with Crippen LogP contribution in [0.15, 0.2) is 71.9 Å². The number of aromatic nitrogens is 3. The molecule has 4 aromatic rings. The Kier molecular flexibility index (Phi) is 8.95. The maximum Gasteiger partial charge on any atom is 0.451 e. The molecule has 1 N–H and O–H groups in total. The van der Waals surface area contributed by atoms with Gasteiger partial charge in [-0.05, 0) is 35.6 Å². The van der Waals surface area contributed by atoms with Crippen molar-refractivity contribution in [3.8, 4) is 0 Å². The van der Waals surface area contributed by atoms with E-state index in [1.54, 1.807) is 24.3 Å². The van der Waals surface area contributed by atoms with Gasteiger partial charge < -0.3 is 5.32 Å². The average molecular weight is 630 g/mol. The van der Waals surface area contributed by atoms with E-state index < -0.39 is 21.8 Å². The Hall–Kier alpha value is -3.68. The zero-order chi connectivity index (χ0) is 30.8. The van der Waals surface area contributed by atoms with E-state index >= 15 is 0 Å². The highest BCUT2D eigenvalue weighted by molar-refractivity contribution is 7.91. The van der Waals surface area contributed by atoms with Gasteiger partial charge in [-0.1, -0.05) is 56.3 Å². The molecule has 13 heteroatoms. The fourth-order valence-electron chi connectivity index (χ4n) is 5.06. The van der Waals surface area contributed by atoms with Gasteiger partial charge in [0.25, 0.3) is 5.91 Å². The fraction of sp³-hybridized carbons (Fsp3) is 0.333. The number of fused-ring (bicyclic) bond motifs is 1. The van der Waals surface area contributed by atoms with Gasteiger partial charge in [-0.3, -0.25) is 9.69 Å². The first-order chi connectivity index (χ1) is 20.4. The monoisotopic (exact) mass is 629 g/mol. The molecule has 2 aromatic carbocycles. The van der Waals surface area contributed by atoms with E-state index in [2.05, 4.69) is 25.2 Å². The highest BCUT2D eigenvalue weighted by Gasteiger charge is 2.37.